The Bertz CT molecular complexity index is 275. The van der Waals surface area contributed by atoms with Gasteiger partial charge in [-0.05, 0) is 25.1 Å². The number of tetrazole rings is 1. The number of nitrogens with zero attached hydrogens (tertiary/aromatic N) is 4. The van der Waals surface area contributed by atoms with Gasteiger partial charge in [0.25, 0.3) is 0 Å². The summed E-state index contributed by atoms with van der Waals surface area (Å²) in [6.07, 6.45) is 2.92. The molecule has 1 heterocycles. The Kier molecular flexibility index (Phi) is 5.20. The van der Waals surface area contributed by atoms with Gasteiger partial charge in [-0.2, -0.15) is 4.80 Å². The molecule has 1 atom stereocenters. The van der Waals surface area contributed by atoms with Gasteiger partial charge in [-0.3, -0.25) is 0 Å². The van der Waals surface area contributed by atoms with E-state index in [4.69, 9.17) is 4.74 Å². The lowest BCUT2D eigenvalue weighted by atomic mass is 10.1. The molecule has 0 aliphatic carbocycles. The van der Waals surface area contributed by atoms with Crippen molar-refractivity contribution in [3.63, 3.8) is 0 Å². The van der Waals surface area contributed by atoms with Gasteiger partial charge in [0.15, 0.2) is 5.82 Å². The summed E-state index contributed by atoms with van der Waals surface area (Å²) in [6, 6.07) is 0.393. The van der Waals surface area contributed by atoms with E-state index >= 15 is 0 Å². The molecule has 0 fully saturated rings. The van der Waals surface area contributed by atoms with Crippen LogP contribution in [0.3, 0.4) is 0 Å². The van der Waals surface area contributed by atoms with E-state index < -0.39 is 0 Å². The monoisotopic (exact) mass is 213 g/mol. The molecule has 0 amide bonds. The van der Waals surface area contributed by atoms with Crippen molar-refractivity contribution < 1.29 is 4.74 Å². The van der Waals surface area contributed by atoms with Gasteiger partial charge in [0.2, 0.25) is 0 Å². The molecule has 0 radical (unpaired) electrons. The molecule has 0 aliphatic heterocycles. The third-order valence-electron chi connectivity index (χ3n) is 2.29. The molecule has 86 valence electrons. The number of aryl methyl sites for hydroxylation is 1. The number of methoxy groups -OCH3 is 1. The Hall–Kier alpha value is -1.01. The maximum absolute atomic E-state index is 5.02. The van der Waals surface area contributed by atoms with Crippen molar-refractivity contribution >= 4 is 0 Å². The van der Waals surface area contributed by atoms with Crippen LogP contribution in [0.25, 0.3) is 0 Å². The Morgan fingerprint density at radius 3 is 2.87 bits per heavy atom. The van der Waals surface area contributed by atoms with Gasteiger partial charge < -0.3 is 10.1 Å². The van der Waals surface area contributed by atoms with E-state index in [1.807, 2.05) is 7.05 Å². The van der Waals surface area contributed by atoms with E-state index in [9.17, 15) is 0 Å². The van der Waals surface area contributed by atoms with E-state index in [0.29, 0.717) is 6.04 Å². The third-order valence-corrected chi connectivity index (χ3v) is 2.29. The number of ether oxygens (including phenoxy) is 1. The summed E-state index contributed by atoms with van der Waals surface area (Å²) < 4.78 is 5.02. The molecular weight excluding hydrogens is 194 g/mol. The normalized spacial score (nSPS) is 13.0. The summed E-state index contributed by atoms with van der Waals surface area (Å²) in [7, 11) is 5.45. The fourth-order valence-electron chi connectivity index (χ4n) is 1.45. The molecule has 0 aromatic carbocycles. The van der Waals surface area contributed by atoms with Gasteiger partial charge in [-0.25, -0.2) is 0 Å². The molecule has 15 heavy (non-hydrogen) atoms. The van der Waals surface area contributed by atoms with E-state index in [2.05, 4.69) is 20.7 Å². The van der Waals surface area contributed by atoms with E-state index in [1.165, 1.54) is 4.80 Å². The average Bonchev–Trinajstić information content (AvgIpc) is 2.63. The average molecular weight is 213 g/mol. The van der Waals surface area contributed by atoms with Crippen LogP contribution in [0, 0.1) is 0 Å². The predicted molar refractivity (Wildman–Crippen MR) is 56.5 cm³/mol. The zero-order chi connectivity index (χ0) is 11.1. The van der Waals surface area contributed by atoms with Crippen molar-refractivity contribution in [2.24, 2.45) is 7.05 Å². The fraction of sp³-hybridized carbons (Fsp3) is 0.889. The van der Waals surface area contributed by atoms with Crippen LogP contribution in [0.4, 0.5) is 0 Å². The predicted octanol–water partition coefficient (Wildman–Crippen LogP) is -0.233. The second-order valence-corrected chi connectivity index (χ2v) is 3.52. The lowest BCUT2D eigenvalue weighted by Crippen LogP contribution is -2.28. The largest absolute Gasteiger partial charge is 0.385 e. The topological polar surface area (TPSA) is 64.9 Å². The van der Waals surface area contributed by atoms with Gasteiger partial charge in [0.1, 0.15) is 0 Å². The molecular formula is C9H19N5O. The standard InChI is InChI=1S/C9H19N5O/c1-10-8(5-4-6-15-3)7-9-11-13-14(2)12-9/h8,10H,4-7H2,1-3H3. The first kappa shape index (κ1) is 12.1. The van der Waals surface area contributed by atoms with Crippen LogP contribution in [0.2, 0.25) is 0 Å². The second-order valence-electron chi connectivity index (χ2n) is 3.52. The minimum atomic E-state index is 0.393. The van der Waals surface area contributed by atoms with Gasteiger partial charge in [-0.15, -0.1) is 10.2 Å². The van der Waals surface area contributed by atoms with Crippen molar-refractivity contribution in [2.75, 3.05) is 20.8 Å². The third kappa shape index (κ3) is 4.35. The molecule has 6 nitrogen and oxygen atoms in total. The van der Waals surface area contributed by atoms with Gasteiger partial charge in [0, 0.05) is 26.2 Å². The minimum Gasteiger partial charge on any atom is -0.385 e. The number of likely N-dealkylation sites (N-methyl/N-ethyl adjacent to an activating group) is 1. The van der Waals surface area contributed by atoms with Crippen LogP contribution in [0.15, 0.2) is 0 Å². The highest BCUT2D eigenvalue weighted by Crippen LogP contribution is 2.02. The van der Waals surface area contributed by atoms with Crippen LogP contribution < -0.4 is 5.32 Å². The maximum Gasteiger partial charge on any atom is 0.176 e. The highest BCUT2D eigenvalue weighted by Gasteiger charge is 2.10. The molecule has 6 heteroatoms. The molecule has 0 spiro atoms. The quantitative estimate of drug-likeness (QED) is 0.634. The zero-order valence-electron chi connectivity index (χ0n) is 9.60. The maximum atomic E-state index is 5.02. The molecule has 0 saturated carbocycles. The zero-order valence-corrected chi connectivity index (χ0v) is 9.60. The van der Waals surface area contributed by atoms with E-state index in [1.54, 1.807) is 14.2 Å². The Labute approximate surface area is 90.0 Å². The molecule has 1 aromatic heterocycles. The molecule has 1 N–H and O–H groups in total. The van der Waals surface area contributed by atoms with Crippen LogP contribution in [-0.4, -0.2) is 47.0 Å². The summed E-state index contributed by atoms with van der Waals surface area (Å²) in [5.41, 5.74) is 0. The minimum absolute atomic E-state index is 0.393. The fourth-order valence-corrected chi connectivity index (χ4v) is 1.45. The summed E-state index contributed by atoms with van der Waals surface area (Å²) in [6.45, 7) is 0.798. The molecule has 1 aromatic rings. The lowest BCUT2D eigenvalue weighted by Gasteiger charge is -2.13. The summed E-state index contributed by atoms with van der Waals surface area (Å²) >= 11 is 0. The van der Waals surface area contributed by atoms with Crippen LogP contribution >= 0.6 is 0 Å². The van der Waals surface area contributed by atoms with Crippen molar-refractivity contribution in [2.45, 2.75) is 25.3 Å². The van der Waals surface area contributed by atoms with Crippen molar-refractivity contribution in [3.8, 4) is 0 Å². The Morgan fingerprint density at radius 2 is 2.33 bits per heavy atom. The van der Waals surface area contributed by atoms with E-state index in [0.717, 1.165) is 31.7 Å². The Balaban J connectivity index is 2.33. The van der Waals surface area contributed by atoms with Gasteiger partial charge in [-0.1, -0.05) is 0 Å². The van der Waals surface area contributed by atoms with Crippen molar-refractivity contribution in [1.29, 1.82) is 0 Å². The molecule has 0 bridgehead atoms. The van der Waals surface area contributed by atoms with Crippen LogP contribution in [0.1, 0.15) is 18.7 Å². The molecule has 0 saturated heterocycles. The number of aromatic nitrogens is 4. The number of nitrogens with one attached hydrogen (secondary N) is 1. The van der Waals surface area contributed by atoms with Crippen LogP contribution in [-0.2, 0) is 18.2 Å². The van der Waals surface area contributed by atoms with Gasteiger partial charge >= 0.3 is 0 Å². The smallest absolute Gasteiger partial charge is 0.176 e. The number of hydrogen-bond acceptors (Lipinski definition) is 5. The lowest BCUT2D eigenvalue weighted by molar-refractivity contribution is 0.189. The first-order valence-corrected chi connectivity index (χ1v) is 5.15. The van der Waals surface area contributed by atoms with Gasteiger partial charge in [0.05, 0.1) is 7.05 Å². The summed E-state index contributed by atoms with van der Waals surface area (Å²) in [4.78, 5) is 1.48. The first-order valence-electron chi connectivity index (χ1n) is 5.15. The van der Waals surface area contributed by atoms with E-state index in [-0.39, 0.29) is 0 Å². The summed E-state index contributed by atoms with van der Waals surface area (Å²) in [5, 5.41) is 15.2. The number of hydrogen-bond donors (Lipinski definition) is 1. The SMILES string of the molecule is CNC(CCCOC)Cc1nnn(C)n1. The Morgan fingerprint density at radius 1 is 1.53 bits per heavy atom. The first-order chi connectivity index (χ1) is 7.26. The molecule has 0 aliphatic rings. The highest BCUT2D eigenvalue weighted by molar-refractivity contribution is 4.83. The van der Waals surface area contributed by atoms with Crippen molar-refractivity contribution in [3.05, 3.63) is 5.82 Å². The molecule has 1 unspecified atom stereocenters. The van der Waals surface area contributed by atoms with Crippen molar-refractivity contribution in [1.82, 2.24) is 25.5 Å². The highest BCUT2D eigenvalue weighted by atomic mass is 16.5. The van der Waals surface area contributed by atoms with Crippen LogP contribution in [0.5, 0.6) is 0 Å². The summed E-state index contributed by atoms with van der Waals surface area (Å²) in [5.74, 6) is 0.786. The molecule has 1 rings (SSSR count). The second kappa shape index (κ2) is 6.47. The number of rotatable bonds is 7.